The van der Waals surface area contributed by atoms with Gasteiger partial charge in [0.2, 0.25) is 0 Å². The Hall–Kier alpha value is -3.27. The maximum atomic E-state index is 13.1. The third-order valence-electron chi connectivity index (χ3n) is 6.10. The molecule has 10 heteroatoms. The summed E-state index contributed by atoms with van der Waals surface area (Å²) in [5, 5.41) is 12.1. The fourth-order valence-corrected chi connectivity index (χ4v) is 4.35. The molecule has 2 aliphatic rings. The summed E-state index contributed by atoms with van der Waals surface area (Å²) in [6, 6.07) is 1.99. The summed E-state index contributed by atoms with van der Waals surface area (Å²) in [6.07, 6.45) is 11.4. The number of amides is 1. The van der Waals surface area contributed by atoms with Gasteiger partial charge in [-0.1, -0.05) is 0 Å². The molecule has 0 bridgehead atoms. The Morgan fingerprint density at radius 1 is 1.19 bits per heavy atom. The molecule has 3 aromatic heterocycles. The van der Waals surface area contributed by atoms with Crippen LogP contribution in [0.15, 0.2) is 30.9 Å². The van der Waals surface area contributed by atoms with Gasteiger partial charge >= 0.3 is 0 Å². The van der Waals surface area contributed by atoms with Crippen molar-refractivity contribution in [3.63, 3.8) is 0 Å². The molecule has 3 aromatic rings. The molecule has 10 nitrogen and oxygen atoms in total. The number of nitrogens with zero attached hydrogens (tertiary/aromatic N) is 6. The van der Waals surface area contributed by atoms with Crippen LogP contribution >= 0.6 is 0 Å². The first-order valence-electron chi connectivity index (χ1n) is 10.7. The zero-order chi connectivity index (χ0) is 21.2. The second-order valence-electron chi connectivity index (χ2n) is 8.05. The van der Waals surface area contributed by atoms with Crippen LogP contribution in [0.25, 0.3) is 5.65 Å². The number of morpholine rings is 1. The molecule has 0 unspecified atom stereocenters. The molecule has 1 saturated carbocycles. The minimum atomic E-state index is -0.271. The number of aromatic nitrogens is 5. The van der Waals surface area contributed by atoms with E-state index >= 15 is 0 Å². The monoisotopic (exact) mass is 423 g/mol. The van der Waals surface area contributed by atoms with Crippen molar-refractivity contribution in [2.24, 2.45) is 5.92 Å². The Balaban J connectivity index is 1.42. The summed E-state index contributed by atoms with van der Waals surface area (Å²) in [5.41, 5.74) is 1.58. The summed E-state index contributed by atoms with van der Waals surface area (Å²) in [5.74, 6) is 0.624. The number of anilines is 2. The number of rotatable bonds is 5. The summed E-state index contributed by atoms with van der Waals surface area (Å²) >= 11 is 0. The van der Waals surface area contributed by atoms with Crippen LogP contribution in [0, 0.1) is 5.92 Å². The normalized spacial score (nSPS) is 21.9. The van der Waals surface area contributed by atoms with E-state index < -0.39 is 0 Å². The second-order valence-corrected chi connectivity index (χ2v) is 8.05. The lowest BCUT2D eigenvalue weighted by Gasteiger charge is -2.28. The fraction of sp³-hybridized carbons (Fsp3) is 0.476. The molecular formula is C21H25N7O3. The number of hydrogen-bond acceptors (Lipinski definition) is 7. The van der Waals surface area contributed by atoms with Crippen LogP contribution in [0.1, 0.15) is 42.1 Å². The predicted octanol–water partition coefficient (Wildman–Crippen LogP) is 1.94. The van der Waals surface area contributed by atoms with Crippen LogP contribution in [0.5, 0.6) is 0 Å². The van der Waals surface area contributed by atoms with E-state index in [1.807, 2.05) is 10.9 Å². The van der Waals surface area contributed by atoms with E-state index in [9.17, 15) is 9.59 Å². The average Bonchev–Trinajstić information content (AvgIpc) is 3.44. The minimum Gasteiger partial charge on any atom is -0.378 e. The van der Waals surface area contributed by atoms with Crippen molar-refractivity contribution in [1.82, 2.24) is 24.4 Å². The maximum Gasteiger partial charge on any atom is 0.261 e. The summed E-state index contributed by atoms with van der Waals surface area (Å²) in [4.78, 5) is 30.6. The van der Waals surface area contributed by atoms with Gasteiger partial charge < -0.3 is 19.7 Å². The highest BCUT2D eigenvalue weighted by Crippen LogP contribution is 2.34. The van der Waals surface area contributed by atoms with Crippen molar-refractivity contribution in [1.29, 1.82) is 0 Å². The predicted molar refractivity (Wildman–Crippen MR) is 113 cm³/mol. The minimum absolute atomic E-state index is 0.146. The van der Waals surface area contributed by atoms with E-state index in [2.05, 4.69) is 20.3 Å². The molecule has 5 rings (SSSR count). The Labute approximate surface area is 179 Å². The molecule has 1 amide bonds. The molecule has 2 fully saturated rings. The van der Waals surface area contributed by atoms with Crippen LogP contribution in [-0.2, 0) is 9.53 Å². The van der Waals surface area contributed by atoms with Crippen molar-refractivity contribution < 1.29 is 14.3 Å². The third kappa shape index (κ3) is 3.90. The van der Waals surface area contributed by atoms with Gasteiger partial charge in [0, 0.05) is 31.4 Å². The van der Waals surface area contributed by atoms with Crippen LogP contribution in [-0.4, -0.2) is 62.9 Å². The van der Waals surface area contributed by atoms with Gasteiger partial charge in [-0.2, -0.15) is 10.2 Å². The Kier molecular flexibility index (Phi) is 5.37. The van der Waals surface area contributed by atoms with Gasteiger partial charge in [-0.25, -0.2) is 9.50 Å². The van der Waals surface area contributed by atoms with Crippen LogP contribution in [0.3, 0.4) is 0 Å². The summed E-state index contributed by atoms with van der Waals surface area (Å²) < 4.78 is 9.01. The lowest BCUT2D eigenvalue weighted by Crippen LogP contribution is -2.37. The maximum absolute atomic E-state index is 13.1. The molecule has 31 heavy (non-hydrogen) atoms. The van der Waals surface area contributed by atoms with Crippen LogP contribution in [0.2, 0.25) is 0 Å². The highest BCUT2D eigenvalue weighted by atomic mass is 16.5. The number of carbonyl (C=O) groups excluding carboxylic acids is 2. The number of aldehydes is 1. The van der Waals surface area contributed by atoms with Gasteiger partial charge in [-0.15, -0.1) is 0 Å². The summed E-state index contributed by atoms with van der Waals surface area (Å²) in [7, 11) is 0. The zero-order valence-corrected chi connectivity index (χ0v) is 17.2. The first-order chi connectivity index (χ1) is 15.2. The number of carbonyl (C=O) groups is 2. The number of ether oxygens (including phenoxy) is 1. The van der Waals surface area contributed by atoms with Gasteiger partial charge in [0.25, 0.3) is 5.91 Å². The van der Waals surface area contributed by atoms with Gasteiger partial charge in [0.05, 0.1) is 31.6 Å². The van der Waals surface area contributed by atoms with Crippen molar-refractivity contribution in [3.05, 3.63) is 36.4 Å². The third-order valence-corrected chi connectivity index (χ3v) is 6.10. The number of hydrogen-bond donors (Lipinski definition) is 1. The SMILES string of the molecule is O=C[C@H]1CC[C@H](n2cc(NC(=O)c3cnn4cccnc34)c(N3CCOCC3)n2)CC1. The quantitative estimate of drug-likeness (QED) is 0.625. The van der Waals surface area contributed by atoms with E-state index in [1.54, 1.807) is 23.0 Å². The lowest BCUT2D eigenvalue weighted by molar-refractivity contribution is -0.112. The van der Waals surface area contributed by atoms with Gasteiger partial charge in [0.15, 0.2) is 11.5 Å². The van der Waals surface area contributed by atoms with E-state index in [-0.39, 0.29) is 17.9 Å². The molecule has 1 N–H and O–H groups in total. The average molecular weight is 423 g/mol. The molecule has 0 spiro atoms. The van der Waals surface area contributed by atoms with Crippen molar-refractivity contribution in [2.45, 2.75) is 31.7 Å². The molecule has 162 valence electrons. The van der Waals surface area contributed by atoms with E-state index in [0.717, 1.165) is 50.9 Å². The van der Waals surface area contributed by atoms with Crippen molar-refractivity contribution in [2.75, 3.05) is 36.5 Å². The van der Waals surface area contributed by atoms with Crippen LogP contribution < -0.4 is 10.2 Å². The Morgan fingerprint density at radius 3 is 2.77 bits per heavy atom. The standard InChI is InChI=1S/C21H25N7O3/c29-14-15-2-4-16(5-3-15)28-13-18(20(25-28)26-8-10-31-11-9-26)24-21(30)17-12-23-27-7-1-6-22-19(17)27/h1,6-7,12-16H,2-5,8-11H2,(H,24,30)/t15-,16-. The van der Waals surface area contributed by atoms with Gasteiger partial charge in [-0.3, -0.25) is 9.48 Å². The van der Waals surface area contributed by atoms with E-state index in [1.165, 1.54) is 6.20 Å². The topological polar surface area (TPSA) is 107 Å². The molecule has 1 aliphatic carbocycles. The van der Waals surface area contributed by atoms with Gasteiger partial charge in [0.1, 0.15) is 17.5 Å². The number of nitrogens with one attached hydrogen (secondary N) is 1. The molecule has 1 aliphatic heterocycles. The largest absolute Gasteiger partial charge is 0.378 e. The highest BCUT2D eigenvalue weighted by molar-refractivity contribution is 6.09. The van der Waals surface area contributed by atoms with E-state index in [0.29, 0.717) is 30.1 Å². The Morgan fingerprint density at radius 2 is 2.00 bits per heavy atom. The molecule has 4 heterocycles. The van der Waals surface area contributed by atoms with Crippen molar-refractivity contribution in [3.8, 4) is 0 Å². The zero-order valence-electron chi connectivity index (χ0n) is 17.2. The smallest absolute Gasteiger partial charge is 0.261 e. The second kappa shape index (κ2) is 8.46. The molecule has 0 aromatic carbocycles. The fourth-order valence-electron chi connectivity index (χ4n) is 4.35. The van der Waals surface area contributed by atoms with Crippen LogP contribution in [0.4, 0.5) is 11.5 Å². The highest BCUT2D eigenvalue weighted by Gasteiger charge is 2.27. The molecule has 0 radical (unpaired) electrons. The molecular weight excluding hydrogens is 398 g/mol. The number of fused-ring (bicyclic) bond motifs is 1. The van der Waals surface area contributed by atoms with E-state index in [4.69, 9.17) is 9.84 Å². The summed E-state index contributed by atoms with van der Waals surface area (Å²) in [6.45, 7) is 2.69. The first-order valence-corrected chi connectivity index (χ1v) is 10.7. The molecule has 1 saturated heterocycles. The first kappa shape index (κ1) is 19.7. The van der Waals surface area contributed by atoms with Crippen molar-refractivity contribution >= 4 is 29.3 Å². The Bertz CT molecular complexity index is 1080. The lowest BCUT2D eigenvalue weighted by atomic mass is 9.87. The molecule has 0 atom stereocenters. The van der Waals surface area contributed by atoms with Gasteiger partial charge in [-0.05, 0) is 31.7 Å².